The second-order valence-corrected chi connectivity index (χ2v) is 22.5. The van der Waals surface area contributed by atoms with Crippen molar-refractivity contribution in [3.63, 3.8) is 0 Å². The second-order valence-electron chi connectivity index (χ2n) is 12.0. The third-order valence-electron chi connectivity index (χ3n) is 6.90. The Kier molecular flexibility index (Phi) is 8.38. The lowest BCUT2D eigenvalue weighted by molar-refractivity contribution is 0.0817. The zero-order chi connectivity index (χ0) is 26.0. The van der Waals surface area contributed by atoms with Crippen LogP contribution in [-0.4, -0.2) is 47.9 Å². The molecule has 3 rings (SSSR count). The fraction of sp³-hybridized carbons (Fsp3) is 0.577. The number of aromatic nitrogens is 4. The van der Waals surface area contributed by atoms with Crippen LogP contribution in [0, 0.1) is 6.92 Å². The molecule has 7 nitrogen and oxygen atoms in total. The summed E-state index contributed by atoms with van der Waals surface area (Å²) < 4.78 is 14.5. The topological polar surface area (TPSA) is 82.3 Å². The van der Waals surface area contributed by atoms with Gasteiger partial charge in [0.25, 0.3) is 0 Å². The van der Waals surface area contributed by atoms with Gasteiger partial charge in [0, 0.05) is 31.8 Å². The van der Waals surface area contributed by atoms with Crippen LogP contribution in [0.4, 0.5) is 0 Å². The Morgan fingerprint density at radius 3 is 2.37 bits per heavy atom. The van der Waals surface area contributed by atoms with E-state index in [4.69, 9.17) is 9.16 Å². The van der Waals surface area contributed by atoms with Gasteiger partial charge in [0.1, 0.15) is 12.6 Å². The van der Waals surface area contributed by atoms with Crippen molar-refractivity contribution in [1.82, 2.24) is 19.7 Å². The molecule has 9 heteroatoms. The van der Waals surface area contributed by atoms with Crippen molar-refractivity contribution in [2.75, 3.05) is 6.61 Å². The van der Waals surface area contributed by atoms with E-state index in [2.05, 4.69) is 80.7 Å². The molecule has 1 aromatic carbocycles. The standard InChI is InChI=1S/C26H42N4O3Si2/c1-19-27-15-23(24(16-31)29-19)22-12-20-14-28-30(18-32-10-11-34(5,6)7)25(20)13-21(22)17-33-35(8,9)26(2,3)4/h12-15,31H,10-11,16-18H2,1-9H3. The number of ether oxygens (including phenoxy) is 1. The molecule has 2 heterocycles. The van der Waals surface area contributed by atoms with E-state index in [1.165, 1.54) is 0 Å². The summed E-state index contributed by atoms with van der Waals surface area (Å²) in [5, 5.41) is 15.7. The first-order chi connectivity index (χ1) is 16.2. The molecule has 35 heavy (non-hydrogen) atoms. The van der Waals surface area contributed by atoms with Crippen LogP contribution in [0.15, 0.2) is 24.5 Å². The van der Waals surface area contributed by atoms with Crippen LogP contribution in [0.1, 0.15) is 37.9 Å². The highest BCUT2D eigenvalue weighted by molar-refractivity contribution is 6.76. The summed E-state index contributed by atoms with van der Waals surface area (Å²) in [6, 6.07) is 5.38. The molecule has 0 saturated heterocycles. The minimum Gasteiger partial charge on any atom is -0.413 e. The lowest BCUT2D eigenvalue weighted by Gasteiger charge is -2.36. The normalized spacial score (nSPS) is 13.1. The average molecular weight is 515 g/mol. The van der Waals surface area contributed by atoms with Crippen LogP contribution < -0.4 is 0 Å². The molecule has 3 aromatic rings. The Bertz CT molecular complexity index is 1160. The van der Waals surface area contributed by atoms with E-state index in [1.807, 2.05) is 17.8 Å². The van der Waals surface area contributed by atoms with Gasteiger partial charge in [-0.3, -0.25) is 0 Å². The van der Waals surface area contributed by atoms with Gasteiger partial charge in [0.2, 0.25) is 0 Å². The van der Waals surface area contributed by atoms with Crippen LogP contribution >= 0.6 is 0 Å². The molecule has 0 fully saturated rings. The van der Waals surface area contributed by atoms with Gasteiger partial charge < -0.3 is 14.3 Å². The summed E-state index contributed by atoms with van der Waals surface area (Å²) in [6.07, 6.45) is 3.67. The van der Waals surface area contributed by atoms with Crippen LogP contribution in [0.2, 0.25) is 43.8 Å². The number of hydrogen-bond donors (Lipinski definition) is 1. The van der Waals surface area contributed by atoms with Gasteiger partial charge >= 0.3 is 0 Å². The van der Waals surface area contributed by atoms with Gasteiger partial charge in [-0.1, -0.05) is 40.4 Å². The summed E-state index contributed by atoms with van der Waals surface area (Å²) in [4.78, 5) is 8.90. The third-order valence-corrected chi connectivity index (χ3v) is 13.1. The van der Waals surface area contributed by atoms with Gasteiger partial charge in [-0.05, 0) is 54.4 Å². The van der Waals surface area contributed by atoms with Crippen molar-refractivity contribution in [2.24, 2.45) is 0 Å². The van der Waals surface area contributed by atoms with Gasteiger partial charge in [-0.15, -0.1) is 0 Å². The zero-order valence-corrected chi connectivity index (χ0v) is 24.9. The predicted octanol–water partition coefficient (Wildman–Crippen LogP) is 6.13. The number of benzene rings is 1. The average Bonchev–Trinajstić information content (AvgIpc) is 3.15. The van der Waals surface area contributed by atoms with Gasteiger partial charge in [0.15, 0.2) is 8.32 Å². The molecule has 1 N–H and O–H groups in total. The summed E-state index contributed by atoms with van der Waals surface area (Å²) in [5.41, 5.74) is 4.46. The number of aryl methyl sites for hydroxylation is 1. The first-order valence-corrected chi connectivity index (χ1v) is 19.0. The SMILES string of the molecule is Cc1ncc(-c2cc3cnn(COCC[Si](C)(C)C)c3cc2CO[Si](C)(C)C(C)(C)C)c(CO)n1. The first-order valence-electron chi connectivity index (χ1n) is 12.4. The monoisotopic (exact) mass is 514 g/mol. The van der Waals surface area contributed by atoms with Crippen molar-refractivity contribution in [3.05, 3.63) is 41.6 Å². The molecule has 0 saturated carbocycles. The molecule has 0 aliphatic heterocycles. The maximum absolute atomic E-state index is 10.0. The highest BCUT2D eigenvalue weighted by Gasteiger charge is 2.37. The molecule has 0 unspecified atom stereocenters. The molecular weight excluding hydrogens is 472 g/mol. The molecule has 0 spiro atoms. The molecule has 2 aromatic heterocycles. The maximum atomic E-state index is 10.0. The van der Waals surface area contributed by atoms with Crippen molar-refractivity contribution in [3.8, 4) is 11.1 Å². The molecule has 0 aliphatic rings. The Hall–Kier alpha value is -1.92. The largest absolute Gasteiger partial charge is 0.413 e. The van der Waals surface area contributed by atoms with Gasteiger partial charge in [-0.2, -0.15) is 5.10 Å². The van der Waals surface area contributed by atoms with Crippen molar-refractivity contribution in [1.29, 1.82) is 0 Å². The van der Waals surface area contributed by atoms with Crippen LogP contribution in [-0.2, 0) is 29.1 Å². The van der Waals surface area contributed by atoms with Gasteiger partial charge in [0.05, 0.1) is 30.6 Å². The summed E-state index contributed by atoms with van der Waals surface area (Å²) in [5.74, 6) is 0.640. The van der Waals surface area contributed by atoms with Crippen molar-refractivity contribution < 1.29 is 14.3 Å². The highest BCUT2D eigenvalue weighted by atomic mass is 28.4. The molecule has 192 valence electrons. The molecule has 0 aliphatic carbocycles. The molecule has 0 bridgehead atoms. The minimum absolute atomic E-state index is 0.104. The lowest BCUT2D eigenvalue weighted by atomic mass is 9.98. The van der Waals surface area contributed by atoms with E-state index in [1.54, 1.807) is 6.20 Å². The Morgan fingerprint density at radius 1 is 1.03 bits per heavy atom. The number of nitrogens with zero attached hydrogens (tertiary/aromatic N) is 4. The highest BCUT2D eigenvalue weighted by Crippen LogP contribution is 2.38. The van der Waals surface area contributed by atoms with Crippen LogP contribution in [0.25, 0.3) is 22.0 Å². The quantitative estimate of drug-likeness (QED) is 0.259. The Balaban J connectivity index is 2.01. The number of rotatable bonds is 10. The van der Waals surface area contributed by atoms with E-state index in [-0.39, 0.29) is 11.6 Å². The predicted molar refractivity (Wildman–Crippen MR) is 148 cm³/mol. The van der Waals surface area contributed by atoms with Crippen LogP contribution in [0.5, 0.6) is 0 Å². The lowest BCUT2D eigenvalue weighted by Crippen LogP contribution is -2.40. The van der Waals surface area contributed by atoms with Gasteiger partial charge in [-0.25, -0.2) is 14.6 Å². The number of hydrogen-bond acceptors (Lipinski definition) is 6. The Morgan fingerprint density at radius 2 is 1.74 bits per heavy atom. The molecule has 0 amide bonds. The molecular formula is C26H42N4O3Si2. The summed E-state index contributed by atoms with van der Waals surface area (Å²) >= 11 is 0. The fourth-order valence-corrected chi connectivity index (χ4v) is 5.21. The number of fused-ring (bicyclic) bond motifs is 1. The van der Waals surface area contributed by atoms with Crippen molar-refractivity contribution >= 4 is 27.3 Å². The fourth-order valence-electron chi connectivity index (χ4n) is 3.51. The van der Waals surface area contributed by atoms with E-state index >= 15 is 0 Å². The zero-order valence-electron chi connectivity index (χ0n) is 22.9. The molecule has 0 atom stereocenters. The van der Waals surface area contributed by atoms with E-state index in [0.29, 0.717) is 24.9 Å². The smallest absolute Gasteiger partial charge is 0.192 e. The van der Waals surface area contributed by atoms with E-state index in [9.17, 15) is 5.11 Å². The number of aliphatic hydroxyl groups excluding tert-OH is 1. The van der Waals surface area contributed by atoms with Crippen LogP contribution in [0.3, 0.4) is 0 Å². The van der Waals surface area contributed by atoms with Crippen molar-refractivity contribution in [2.45, 2.75) is 91.5 Å². The summed E-state index contributed by atoms with van der Waals surface area (Å²) in [6.45, 7) is 21.6. The van der Waals surface area contributed by atoms with E-state index < -0.39 is 16.4 Å². The first kappa shape index (κ1) is 27.7. The third kappa shape index (κ3) is 6.85. The summed E-state index contributed by atoms with van der Waals surface area (Å²) in [7, 11) is -3.12. The minimum atomic E-state index is -1.98. The van der Waals surface area contributed by atoms with E-state index in [0.717, 1.165) is 40.2 Å². The maximum Gasteiger partial charge on any atom is 0.192 e. The Labute approximate surface area is 212 Å². The molecule has 0 radical (unpaired) electrons. The second kappa shape index (κ2) is 10.6. The number of aliphatic hydroxyl groups is 1.